The number of aryl methyl sites for hydroxylation is 1. The minimum absolute atomic E-state index is 0.0241. The second-order valence-corrected chi connectivity index (χ2v) is 11.7. The molecule has 0 saturated carbocycles. The van der Waals surface area contributed by atoms with Crippen LogP contribution in [0.1, 0.15) is 30.5 Å². The van der Waals surface area contributed by atoms with Crippen LogP contribution in [0.2, 0.25) is 0 Å². The number of carbonyl (C=O) groups excluding carboxylic acids is 1. The van der Waals surface area contributed by atoms with Crippen molar-refractivity contribution >= 4 is 31.6 Å². The first-order valence-corrected chi connectivity index (χ1v) is 13.6. The number of carbonyl (C=O) groups is 1. The maximum atomic E-state index is 13.3. The predicted octanol–water partition coefficient (Wildman–Crippen LogP) is 2.04. The first-order valence-electron chi connectivity index (χ1n) is 10.5. The zero-order chi connectivity index (χ0) is 24.4. The molecule has 180 valence electrons. The summed E-state index contributed by atoms with van der Waals surface area (Å²) < 4.78 is 60.0. The number of sulfonamides is 2. The molecule has 1 heterocycles. The molecule has 0 aliphatic carbocycles. The number of nitrogens with zero attached hydrogens (tertiary/aromatic N) is 2. The standard InChI is InChI=1S/C22H29N3O6S2/c1-5-31-20-11-10-18(25-22(26)12-13-32(25,27)28)14-21(20)33(29,30)23-15-19(24(3)4)17-8-6-16(2)7-9-17/h6-11,14,19,23H,5,12-13,15H2,1-4H3. The lowest BCUT2D eigenvalue weighted by Gasteiger charge is -2.25. The molecule has 0 spiro atoms. The summed E-state index contributed by atoms with van der Waals surface area (Å²) in [5.74, 6) is -0.822. The van der Waals surface area contributed by atoms with Gasteiger partial charge in [0.2, 0.25) is 26.0 Å². The van der Waals surface area contributed by atoms with Crippen LogP contribution in [-0.2, 0) is 24.8 Å². The highest BCUT2D eigenvalue weighted by Gasteiger charge is 2.37. The maximum Gasteiger partial charge on any atom is 0.244 e. The summed E-state index contributed by atoms with van der Waals surface area (Å²) >= 11 is 0. The van der Waals surface area contributed by atoms with Gasteiger partial charge in [-0.1, -0.05) is 29.8 Å². The van der Waals surface area contributed by atoms with Crippen LogP contribution in [0.25, 0.3) is 0 Å². The third-order valence-electron chi connectivity index (χ3n) is 5.38. The number of ether oxygens (including phenoxy) is 1. The van der Waals surface area contributed by atoms with E-state index in [9.17, 15) is 21.6 Å². The van der Waals surface area contributed by atoms with Gasteiger partial charge in [-0.2, -0.15) is 0 Å². The van der Waals surface area contributed by atoms with Crippen molar-refractivity contribution in [2.45, 2.75) is 31.2 Å². The molecule has 0 aromatic heterocycles. The van der Waals surface area contributed by atoms with E-state index in [2.05, 4.69) is 4.72 Å². The molecule has 1 N–H and O–H groups in total. The van der Waals surface area contributed by atoms with Gasteiger partial charge in [-0.3, -0.25) is 4.79 Å². The summed E-state index contributed by atoms with van der Waals surface area (Å²) in [6.45, 7) is 3.98. The van der Waals surface area contributed by atoms with Crippen molar-refractivity contribution in [2.24, 2.45) is 0 Å². The first kappa shape index (κ1) is 25.2. The van der Waals surface area contributed by atoms with Crippen LogP contribution in [0.4, 0.5) is 5.69 Å². The van der Waals surface area contributed by atoms with Crippen molar-refractivity contribution < 1.29 is 26.4 Å². The number of likely N-dealkylation sites (N-methyl/N-ethyl adjacent to an activating group) is 1. The number of anilines is 1. The number of hydrogen-bond acceptors (Lipinski definition) is 7. The molecule has 1 aliphatic rings. The molecule has 2 aromatic carbocycles. The van der Waals surface area contributed by atoms with E-state index in [-0.39, 0.29) is 47.7 Å². The molecule has 1 unspecified atom stereocenters. The van der Waals surface area contributed by atoms with Gasteiger partial charge in [-0.05, 0) is 51.7 Å². The van der Waals surface area contributed by atoms with E-state index in [1.54, 1.807) is 6.92 Å². The molecule has 33 heavy (non-hydrogen) atoms. The fourth-order valence-electron chi connectivity index (χ4n) is 3.63. The summed E-state index contributed by atoms with van der Waals surface area (Å²) in [7, 11) is -4.22. The van der Waals surface area contributed by atoms with E-state index < -0.39 is 26.0 Å². The highest BCUT2D eigenvalue weighted by Crippen LogP contribution is 2.33. The molecule has 1 atom stereocenters. The van der Waals surface area contributed by atoms with Crippen molar-refractivity contribution in [1.29, 1.82) is 0 Å². The molecule has 2 aromatic rings. The van der Waals surface area contributed by atoms with Crippen LogP contribution < -0.4 is 13.8 Å². The van der Waals surface area contributed by atoms with Crippen LogP contribution in [0.15, 0.2) is 47.4 Å². The van der Waals surface area contributed by atoms with Gasteiger partial charge in [0.15, 0.2) is 0 Å². The van der Waals surface area contributed by atoms with E-state index in [0.29, 0.717) is 4.31 Å². The predicted molar refractivity (Wildman–Crippen MR) is 126 cm³/mol. The van der Waals surface area contributed by atoms with Crippen molar-refractivity contribution in [2.75, 3.05) is 37.3 Å². The van der Waals surface area contributed by atoms with Crippen molar-refractivity contribution in [3.05, 3.63) is 53.6 Å². The number of nitrogens with one attached hydrogen (secondary N) is 1. The van der Waals surface area contributed by atoms with E-state index in [4.69, 9.17) is 4.74 Å². The summed E-state index contributed by atoms with van der Waals surface area (Å²) in [6, 6.07) is 11.5. The van der Waals surface area contributed by atoms with Crippen LogP contribution in [-0.4, -0.2) is 60.6 Å². The maximum absolute atomic E-state index is 13.3. The Hall–Kier alpha value is -2.47. The van der Waals surface area contributed by atoms with Crippen LogP contribution in [0.3, 0.4) is 0 Å². The molecule has 0 bridgehead atoms. The van der Waals surface area contributed by atoms with Crippen molar-refractivity contribution in [3.8, 4) is 5.75 Å². The Balaban J connectivity index is 1.95. The van der Waals surface area contributed by atoms with E-state index >= 15 is 0 Å². The van der Waals surface area contributed by atoms with Gasteiger partial charge in [-0.15, -0.1) is 0 Å². The molecular weight excluding hydrogens is 466 g/mol. The SMILES string of the molecule is CCOc1ccc(N2C(=O)CCS2(=O)=O)cc1S(=O)(=O)NCC(c1ccc(C)cc1)N(C)C. The van der Waals surface area contributed by atoms with Gasteiger partial charge in [0, 0.05) is 19.0 Å². The summed E-state index contributed by atoms with van der Waals surface area (Å²) in [5.41, 5.74) is 2.02. The highest BCUT2D eigenvalue weighted by molar-refractivity contribution is 7.94. The molecule has 3 rings (SSSR count). The third-order valence-corrected chi connectivity index (χ3v) is 8.52. The average Bonchev–Trinajstić information content (AvgIpc) is 3.02. The number of amides is 1. The Labute approximate surface area is 195 Å². The summed E-state index contributed by atoms with van der Waals surface area (Å²) in [6.07, 6.45) is -0.142. The lowest BCUT2D eigenvalue weighted by Crippen LogP contribution is -2.35. The van der Waals surface area contributed by atoms with Crippen molar-refractivity contribution in [3.63, 3.8) is 0 Å². The Morgan fingerprint density at radius 3 is 2.36 bits per heavy atom. The monoisotopic (exact) mass is 495 g/mol. The minimum atomic E-state index is -4.10. The molecule has 0 radical (unpaired) electrons. The Bertz CT molecular complexity index is 1230. The Morgan fingerprint density at radius 1 is 1.15 bits per heavy atom. The number of benzene rings is 2. The largest absolute Gasteiger partial charge is 0.492 e. The minimum Gasteiger partial charge on any atom is -0.492 e. The fraction of sp³-hybridized carbons (Fsp3) is 0.409. The molecule has 1 saturated heterocycles. The van der Waals surface area contributed by atoms with Crippen molar-refractivity contribution in [1.82, 2.24) is 9.62 Å². The van der Waals surface area contributed by atoms with E-state index in [0.717, 1.165) is 11.1 Å². The molecule has 1 amide bonds. The van der Waals surface area contributed by atoms with Gasteiger partial charge in [0.1, 0.15) is 10.6 Å². The van der Waals surface area contributed by atoms with Gasteiger partial charge in [0.05, 0.1) is 18.0 Å². The van der Waals surface area contributed by atoms with Crippen LogP contribution in [0.5, 0.6) is 5.75 Å². The second-order valence-electron chi connectivity index (χ2n) is 8.03. The summed E-state index contributed by atoms with van der Waals surface area (Å²) in [4.78, 5) is 13.9. The summed E-state index contributed by atoms with van der Waals surface area (Å²) in [5, 5.41) is 0. The smallest absolute Gasteiger partial charge is 0.244 e. The normalized spacial score (nSPS) is 16.9. The fourth-order valence-corrected chi connectivity index (χ4v) is 6.28. The van der Waals surface area contributed by atoms with Gasteiger partial charge in [-0.25, -0.2) is 25.9 Å². The first-order chi connectivity index (χ1) is 15.5. The zero-order valence-corrected chi connectivity index (χ0v) is 20.7. The third kappa shape index (κ3) is 5.55. The second kappa shape index (κ2) is 9.80. The zero-order valence-electron chi connectivity index (χ0n) is 19.1. The number of hydrogen-bond donors (Lipinski definition) is 1. The molecule has 9 nitrogen and oxygen atoms in total. The van der Waals surface area contributed by atoms with E-state index in [1.165, 1.54) is 18.2 Å². The average molecular weight is 496 g/mol. The van der Waals surface area contributed by atoms with Crippen LogP contribution >= 0.6 is 0 Å². The quantitative estimate of drug-likeness (QED) is 0.566. The number of rotatable bonds is 9. The molecule has 1 fully saturated rings. The Morgan fingerprint density at radius 2 is 1.82 bits per heavy atom. The molecule has 1 aliphatic heterocycles. The van der Waals surface area contributed by atoms with Crippen LogP contribution in [0, 0.1) is 6.92 Å². The highest BCUT2D eigenvalue weighted by atomic mass is 32.2. The lowest BCUT2D eigenvalue weighted by molar-refractivity contribution is -0.116. The lowest BCUT2D eigenvalue weighted by atomic mass is 10.0. The van der Waals surface area contributed by atoms with Gasteiger partial charge >= 0.3 is 0 Å². The van der Waals surface area contributed by atoms with Gasteiger partial charge in [0.25, 0.3) is 0 Å². The molecule has 11 heteroatoms. The topological polar surface area (TPSA) is 113 Å². The van der Waals surface area contributed by atoms with Gasteiger partial charge < -0.3 is 9.64 Å². The van der Waals surface area contributed by atoms with E-state index in [1.807, 2.05) is 50.2 Å². The molecular formula is C22H29N3O6S2. The Kier molecular flexibility index (Phi) is 7.47.